The van der Waals surface area contributed by atoms with Gasteiger partial charge in [0.25, 0.3) is 0 Å². The monoisotopic (exact) mass is 185 g/mol. The summed E-state index contributed by atoms with van der Waals surface area (Å²) in [6.45, 7) is 7.03. The number of hydrogen-bond donors (Lipinski definition) is 2. The summed E-state index contributed by atoms with van der Waals surface area (Å²) in [6, 6.07) is 0. The van der Waals surface area contributed by atoms with Crippen molar-refractivity contribution >= 4 is 0 Å². The van der Waals surface area contributed by atoms with E-state index in [-0.39, 0.29) is 5.41 Å². The maximum Gasteiger partial charge on any atom is 0.0653 e. The molecule has 0 amide bonds. The standard InChI is InChI=1S/C11H23NO/c1-4-10(2,8-12)9-6-5-7-11(9,3)13/h9,13H,4-8,12H2,1-3H3. The molecule has 3 atom stereocenters. The van der Waals surface area contributed by atoms with E-state index in [0.717, 1.165) is 25.7 Å². The highest BCUT2D eigenvalue weighted by atomic mass is 16.3. The molecule has 1 aliphatic carbocycles. The van der Waals surface area contributed by atoms with Gasteiger partial charge in [0.05, 0.1) is 5.60 Å². The molecule has 0 saturated heterocycles. The van der Waals surface area contributed by atoms with Crippen LogP contribution in [0.2, 0.25) is 0 Å². The first-order chi connectivity index (χ1) is 5.96. The van der Waals surface area contributed by atoms with E-state index in [4.69, 9.17) is 5.73 Å². The Morgan fingerprint density at radius 3 is 2.54 bits per heavy atom. The van der Waals surface area contributed by atoms with Crippen LogP contribution in [-0.4, -0.2) is 17.3 Å². The molecule has 3 N–H and O–H groups in total. The van der Waals surface area contributed by atoms with Gasteiger partial charge in [-0.25, -0.2) is 0 Å². The fraction of sp³-hybridized carbons (Fsp3) is 1.00. The second-order valence-corrected chi connectivity index (χ2v) is 5.01. The molecule has 78 valence electrons. The van der Waals surface area contributed by atoms with Crippen LogP contribution in [0.15, 0.2) is 0 Å². The lowest BCUT2D eigenvalue weighted by Crippen LogP contribution is -2.44. The third kappa shape index (κ3) is 1.89. The smallest absolute Gasteiger partial charge is 0.0653 e. The minimum absolute atomic E-state index is 0.125. The third-order valence-corrected chi connectivity index (χ3v) is 4.04. The van der Waals surface area contributed by atoms with Gasteiger partial charge in [0, 0.05) is 0 Å². The molecule has 0 bridgehead atoms. The second-order valence-electron chi connectivity index (χ2n) is 5.01. The van der Waals surface area contributed by atoms with E-state index < -0.39 is 5.60 Å². The van der Waals surface area contributed by atoms with E-state index in [1.807, 2.05) is 6.92 Å². The van der Waals surface area contributed by atoms with Crippen LogP contribution < -0.4 is 5.73 Å². The van der Waals surface area contributed by atoms with E-state index in [0.29, 0.717) is 12.5 Å². The van der Waals surface area contributed by atoms with Crippen LogP contribution in [0.1, 0.15) is 46.5 Å². The largest absolute Gasteiger partial charge is 0.390 e. The molecule has 1 rings (SSSR count). The summed E-state index contributed by atoms with van der Waals surface area (Å²) in [6.07, 6.45) is 4.28. The summed E-state index contributed by atoms with van der Waals surface area (Å²) in [7, 11) is 0. The van der Waals surface area contributed by atoms with Crippen LogP contribution in [-0.2, 0) is 0 Å². The maximum atomic E-state index is 10.2. The molecule has 13 heavy (non-hydrogen) atoms. The SMILES string of the molecule is CCC(C)(CN)C1CCCC1(C)O. The molecule has 0 radical (unpaired) electrons. The predicted molar refractivity (Wildman–Crippen MR) is 55.4 cm³/mol. The van der Waals surface area contributed by atoms with Crippen molar-refractivity contribution in [1.82, 2.24) is 0 Å². The fourth-order valence-electron chi connectivity index (χ4n) is 2.78. The molecule has 0 aromatic heterocycles. The molecular weight excluding hydrogens is 162 g/mol. The molecule has 1 aliphatic rings. The van der Waals surface area contributed by atoms with Crippen LogP contribution >= 0.6 is 0 Å². The summed E-state index contributed by atoms with van der Waals surface area (Å²) < 4.78 is 0. The number of aliphatic hydroxyl groups is 1. The van der Waals surface area contributed by atoms with Crippen molar-refractivity contribution in [2.45, 2.75) is 52.1 Å². The minimum Gasteiger partial charge on any atom is -0.390 e. The van der Waals surface area contributed by atoms with Crippen LogP contribution in [0.3, 0.4) is 0 Å². The van der Waals surface area contributed by atoms with Gasteiger partial charge in [-0.3, -0.25) is 0 Å². The van der Waals surface area contributed by atoms with Gasteiger partial charge in [-0.05, 0) is 44.1 Å². The van der Waals surface area contributed by atoms with E-state index >= 15 is 0 Å². The van der Waals surface area contributed by atoms with Crippen LogP contribution in [0.25, 0.3) is 0 Å². The lowest BCUT2D eigenvalue weighted by molar-refractivity contribution is -0.0344. The van der Waals surface area contributed by atoms with Gasteiger partial charge in [-0.2, -0.15) is 0 Å². The molecular formula is C11H23NO. The Labute approximate surface area is 81.5 Å². The molecule has 1 fully saturated rings. The van der Waals surface area contributed by atoms with Crippen molar-refractivity contribution in [1.29, 1.82) is 0 Å². The molecule has 0 aliphatic heterocycles. The molecule has 0 heterocycles. The Morgan fingerprint density at radius 1 is 1.62 bits per heavy atom. The van der Waals surface area contributed by atoms with E-state index in [1.54, 1.807) is 0 Å². The number of rotatable bonds is 3. The quantitative estimate of drug-likeness (QED) is 0.705. The van der Waals surface area contributed by atoms with Gasteiger partial charge in [-0.1, -0.05) is 20.3 Å². The Bertz CT molecular complexity index is 173. The Hall–Kier alpha value is -0.0800. The maximum absolute atomic E-state index is 10.2. The Kier molecular flexibility index (Phi) is 3.03. The Morgan fingerprint density at radius 2 is 2.23 bits per heavy atom. The van der Waals surface area contributed by atoms with Gasteiger partial charge in [-0.15, -0.1) is 0 Å². The van der Waals surface area contributed by atoms with Crippen molar-refractivity contribution in [3.63, 3.8) is 0 Å². The van der Waals surface area contributed by atoms with Gasteiger partial charge < -0.3 is 10.8 Å². The summed E-state index contributed by atoms with van der Waals surface area (Å²) in [4.78, 5) is 0. The van der Waals surface area contributed by atoms with Crippen molar-refractivity contribution in [2.24, 2.45) is 17.1 Å². The van der Waals surface area contributed by atoms with Gasteiger partial charge in [0.2, 0.25) is 0 Å². The first-order valence-corrected chi connectivity index (χ1v) is 5.39. The first-order valence-electron chi connectivity index (χ1n) is 5.39. The Balaban J connectivity index is 2.80. The van der Waals surface area contributed by atoms with Gasteiger partial charge in [0.15, 0.2) is 0 Å². The highest BCUT2D eigenvalue weighted by molar-refractivity contribution is 4.97. The van der Waals surface area contributed by atoms with Crippen LogP contribution in [0.5, 0.6) is 0 Å². The van der Waals surface area contributed by atoms with Crippen LogP contribution in [0, 0.1) is 11.3 Å². The fourth-order valence-corrected chi connectivity index (χ4v) is 2.78. The van der Waals surface area contributed by atoms with Crippen molar-refractivity contribution in [3.05, 3.63) is 0 Å². The van der Waals surface area contributed by atoms with E-state index in [9.17, 15) is 5.11 Å². The molecule has 2 heteroatoms. The summed E-state index contributed by atoms with van der Waals surface area (Å²) in [5.41, 5.74) is 5.45. The lowest BCUT2D eigenvalue weighted by atomic mass is 9.69. The van der Waals surface area contributed by atoms with Gasteiger partial charge in [0.1, 0.15) is 0 Å². The number of hydrogen-bond acceptors (Lipinski definition) is 2. The van der Waals surface area contributed by atoms with Gasteiger partial charge >= 0.3 is 0 Å². The minimum atomic E-state index is -0.482. The zero-order valence-corrected chi connectivity index (χ0v) is 9.14. The highest BCUT2D eigenvalue weighted by Gasteiger charge is 2.46. The topological polar surface area (TPSA) is 46.2 Å². The number of nitrogens with two attached hydrogens (primary N) is 1. The second kappa shape index (κ2) is 3.58. The summed E-state index contributed by atoms with van der Waals surface area (Å²) in [5.74, 6) is 0.384. The average molecular weight is 185 g/mol. The molecule has 0 spiro atoms. The van der Waals surface area contributed by atoms with Crippen molar-refractivity contribution < 1.29 is 5.11 Å². The van der Waals surface area contributed by atoms with E-state index in [1.165, 1.54) is 0 Å². The summed E-state index contributed by atoms with van der Waals surface area (Å²) in [5, 5.41) is 10.2. The molecule has 0 aromatic carbocycles. The third-order valence-electron chi connectivity index (χ3n) is 4.04. The predicted octanol–water partition coefficient (Wildman–Crippen LogP) is 1.91. The molecule has 3 unspecified atom stereocenters. The first kappa shape index (κ1) is 11.0. The normalized spacial score (nSPS) is 39.0. The summed E-state index contributed by atoms with van der Waals surface area (Å²) >= 11 is 0. The molecule has 0 aromatic rings. The van der Waals surface area contributed by atoms with E-state index in [2.05, 4.69) is 13.8 Å². The molecule has 1 saturated carbocycles. The zero-order valence-electron chi connectivity index (χ0n) is 9.14. The average Bonchev–Trinajstić information content (AvgIpc) is 2.44. The molecule has 2 nitrogen and oxygen atoms in total. The zero-order chi connectivity index (χ0) is 10.1. The van der Waals surface area contributed by atoms with Crippen molar-refractivity contribution in [2.75, 3.05) is 6.54 Å². The van der Waals surface area contributed by atoms with Crippen molar-refractivity contribution in [3.8, 4) is 0 Å². The highest BCUT2D eigenvalue weighted by Crippen LogP contribution is 2.47. The van der Waals surface area contributed by atoms with Crippen LogP contribution in [0.4, 0.5) is 0 Å². The lowest BCUT2D eigenvalue weighted by Gasteiger charge is -2.40.